The number of rotatable bonds is 5. The fraction of sp³-hybridized carbons (Fsp3) is 0.350. The molecular weight excluding hydrogens is 321 g/mol. The molecule has 5 heteroatoms. The molecule has 1 amide bonds. The van der Waals surface area contributed by atoms with E-state index in [1.54, 1.807) is 47.4 Å². The van der Waals surface area contributed by atoms with Gasteiger partial charge in [0.15, 0.2) is 0 Å². The number of benzene rings is 2. The van der Waals surface area contributed by atoms with Crippen LogP contribution in [0.5, 0.6) is 0 Å². The van der Waals surface area contributed by atoms with Crippen molar-refractivity contribution in [3.8, 4) is 0 Å². The SMILES string of the molecule is O=C(c1cccc(CO)c1)N1CCC[C@H](OCc2ccccc2F)C1. The Kier molecular flexibility index (Phi) is 5.79. The van der Waals surface area contributed by atoms with Gasteiger partial charge in [0.25, 0.3) is 5.91 Å². The molecule has 1 atom stereocenters. The second-order valence-electron chi connectivity index (χ2n) is 6.28. The van der Waals surface area contributed by atoms with Crippen molar-refractivity contribution in [1.82, 2.24) is 4.90 Å². The molecule has 1 fully saturated rings. The maximum absolute atomic E-state index is 13.7. The van der Waals surface area contributed by atoms with Crippen LogP contribution in [-0.2, 0) is 18.0 Å². The molecule has 1 saturated heterocycles. The number of likely N-dealkylation sites (tertiary alicyclic amines) is 1. The number of aliphatic hydroxyl groups excluding tert-OH is 1. The van der Waals surface area contributed by atoms with Gasteiger partial charge in [0, 0.05) is 24.2 Å². The van der Waals surface area contributed by atoms with E-state index in [2.05, 4.69) is 0 Å². The molecular formula is C20H22FNO3. The van der Waals surface area contributed by atoms with Crippen LogP contribution < -0.4 is 0 Å². The number of ether oxygens (including phenoxy) is 1. The molecule has 1 aliphatic rings. The quantitative estimate of drug-likeness (QED) is 0.907. The van der Waals surface area contributed by atoms with Gasteiger partial charge in [-0.25, -0.2) is 4.39 Å². The van der Waals surface area contributed by atoms with E-state index in [0.29, 0.717) is 24.2 Å². The van der Waals surface area contributed by atoms with E-state index in [1.165, 1.54) is 6.07 Å². The second-order valence-corrected chi connectivity index (χ2v) is 6.28. The highest BCUT2D eigenvalue weighted by atomic mass is 19.1. The summed E-state index contributed by atoms with van der Waals surface area (Å²) >= 11 is 0. The van der Waals surface area contributed by atoms with E-state index in [-0.39, 0.29) is 31.0 Å². The third kappa shape index (κ3) is 4.44. The first-order valence-electron chi connectivity index (χ1n) is 8.51. The van der Waals surface area contributed by atoms with Gasteiger partial charge in [0.05, 0.1) is 19.3 Å². The molecule has 1 N–H and O–H groups in total. The van der Waals surface area contributed by atoms with E-state index in [9.17, 15) is 14.3 Å². The third-order valence-corrected chi connectivity index (χ3v) is 4.45. The minimum absolute atomic E-state index is 0.0607. The Morgan fingerprint density at radius 2 is 2.08 bits per heavy atom. The number of hydrogen-bond donors (Lipinski definition) is 1. The lowest BCUT2D eigenvalue weighted by Gasteiger charge is -2.33. The minimum atomic E-state index is -0.271. The van der Waals surface area contributed by atoms with Gasteiger partial charge in [-0.2, -0.15) is 0 Å². The van der Waals surface area contributed by atoms with Crippen LogP contribution >= 0.6 is 0 Å². The molecule has 0 radical (unpaired) electrons. The highest BCUT2D eigenvalue weighted by molar-refractivity contribution is 5.94. The highest BCUT2D eigenvalue weighted by Gasteiger charge is 2.25. The van der Waals surface area contributed by atoms with Crippen LogP contribution in [0.15, 0.2) is 48.5 Å². The number of amides is 1. The van der Waals surface area contributed by atoms with Crippen molar-refractivity contribution < 1.29 is 19.0 Å². The standard InChI is InChI=1S/C20H22FNO3/c21-19-9-2-1-6-17(19)14-25-18-8-4-10-22(12-18)20(24)16-7-3-5-15(11-16)13-23/h1-3,5-7,9,11,18,23H,4,8,10,12-14H2/t18-/m0/s1. The van der Waals surface area contributed by atoms with Crippen LogP contribution in [0, 0.1) is 5.82 Å². The molecule has 0 bridgehead atoms. The Balaban J connectivity index is 1.60. The molecule has 25 heavy (non-hydrogen) atoms. The molecule has 0 unspecified atom stereocenters. The summed E-state index contributed by atoms with van der Waals surface area (Å²) in [6.07, 6.45) is 1.61. The summed E-state index contributed by atoms with van der Waals surface area (Å²) in [5, 5.41) is 9.22. The Labute approximate surface area is 146 Å². The van der Waals surface area contributed by atoms with Crippen molar-refractivity contribution in [3.63, 3.8) is 0 Å². The van der Waals surface area contributed by atoms with Crippen molar-refractivity contribution in [3.05, 3.63) is 71.0 Å². The normalized spacial score (nSPS) is 17.5. The number of carbonyl (C=O) groups is 1. The van der Waals surface area contributed by atoms with Crippen molar-refractivity contribution in [1.29, 1.82) is 0 Å². The Hall–Kier alpha value is -2.24. The smallest absolute Gasteiger partial charge is 0.253 e. The average molecular weight is 343 g/mol. The summed E-state index contributed by atoms with van der Waals surface area (Å²) in [6.45, 7) is 1.30. The summed E-state index contributed by atoms with van der Waals surface area (Å²) in [5.74, 6) is -0.332. The topological polar surface area (TPSA) is 49.8 Å². The minimum Gasteiger partial charge on any atom is -0.392 e. The van der Waals surface area contributed by atoms with Crippen LogP contribution in [0.1, 0.15) is 34.3 Å². The summed E-state index contributed by atoms with van der Waals surface area (Å²) in [5.41, 5.74) is 1.82. The zero-order valence-corrected chi connectivity index (χ0v) is 14.0. The monoisotopic (exact) mass is 343 g/mol. The molecule has 0 saturated carbocycles. The summed E-state index contributed by atoms with van der Waals surface area (Å²) in [4.78, 5) is 14.4. The number of nitrogens with zero attached hydrogens (tertiary/aromatic N) is 1. The summed E-state index contributed by atoms with van der Waals surface area (Å²) in [7, 11) is 0. The van der Waals surface area contributed by atoms with Crippen LogP contribution in [0.3, 0.4) is 0 Å². The fourth-order valence-electron chi connectivity index (χ4n) is 3.07. The van der Waals surface area contributed by atoms with E-state index in [1.807, 2.05) is 0 Å². The second kappa shape index (κ2) is 8.23. The Morgan fingerprint density at radius 3 is 2.88 bits per heavy atom. The molecule has 0 aromatic heterocycles. The predicted octanol–water partition coefficient (Wildman–Crippen LogP) is 3.14. The van der Waals surface area contributed by atoms with Crippen LogP contribution in [0.25, 0.3) is 0 Å². The zero-order chi connectivity index (χ0) is 17.6. The number of halogens is 1. The number of hydrogen-bond acceptors (Lipinski definition) is 3. The molecule has 3 rings (SSSR count). The molecule has 4 nitrogen and oxygen atoms in total. The number of aliphatic hydroxyl groups is 1. The summed E-state index contributed by atoms with van der Waals surface area (Å²) < 4.78 is 19.5. The first-order chi connectivity index (χ1) is 12.2. The predicted molar refractivity (Wildman–Crippen MR) is 92.5 cm³/mol. The molecule has 2 aromatic carbocycles. The zero-order valence-electron chi connectivity index (χ0n) is 14.0. The first-order valence-corrected chi connectivity index (χ1v) is 8.51. The first kappa shape index (κ1) is 17.6. The van der Waals surface area contributed by atoms with Crippen molar-refractivity contribution in [2.24, 2.45) is 0 Å². The van der Waals surface area contributed by atoms with Gasteiger partial charge >= 0.3 is 0 Å². The van der Waals surface area contributed by atoms with Gasteiger partial charge < -0.3 is 14.7 Å². The van der Waals surface area contributed by atoms with Gasteiger partial charge in [-0.15, -0.1) is 0 Å². The molecule has 1 aliphatic heterocycles. The maximum atomic E-state index is 13.7. The molecule has 1 heterocycles. The Morgan fingerprint density at radius 1 is 1.24 bits per heavy atom. The highest BCUT2D eigenvalue weighted by Crippen LogP contribution is 2.19. The van der Waals surface area contributed by atoms with Crippen molar-refractivity contribution in [2.45, 2.75) is 32.2 Å². The molecule has 132 valence electrons. The number of carbonyl (C=O) groups excluding carboxylic acids is 1. The largest absolute Gasteiger partial charge is 0.392 e. The van der Waals surface area contributed by atoms with Crippen molar-refractivity contribution >= 4 is 5.91 Å². The molecule has 2 aromatic rings. The third-order valence-electron chi connectivity index (χ3n) is 4.45. The maximum Gasteiger partial charge on any atom is 0.253 e. The molecule has 0 spiro atoms. The van der Waals surface area contributed by atoms with Crippen LogP contribution in [0.2, 0.25) is 0 Å². The van der Waals surface area contributed by atoms with Gasteiger partial charge in [-0.1, -0.05) is 30.3 Å². The van der Waals surface area contributed by atoms with Gasteiger partial charge in [0.2, 0.25) is 0 Å². The fourth-order valence-corrected chi connectivity index (χ4v) is 3.07. The van der Waals surface area contributed by atoms with Crippen LogP contribution in [-0.4, -0.2) is 35.1 Å². The summed E-state index contributed by atoms with van der Waals surface area (Å²) in [6, 6.07) is 13.6. The number of piperidine rings is 1. The Bertz CT molecular complexity index is 734. The van der Waals surface area contributed by atoms with E-state index in [0.717, 1.165) is 18.4 Å². The van der Waals surface area contributed by atoms with Gasteiger partial charge in [-0.05, 0) is 36.6 Å². The van der Waals surface area contributed by atoms with E-state index in [4.69, 9.17) is 4.74 Å². The lowest BCUT2D eigenvalue weighted by atomic mass is 10.1. The van der Waals surface area contributed by atoms with Crippen LogP contribution in [0.4, 0.5) is 4.39 Å². The lowest BCUT2D eigenvalue weighted by Crippen LogP contribution is -2.43. The van der Waals surface area contributed by atoms with Crippen molar-refractivity contribution in [2.75, 3.05) is 13.1 Å². The molecule has 0 aliphatic carbocycles. The average Bonchev–Trinajstić information content (AvgIpc) is 2.67. The van der Waals surface area contributed by atoms with E-state index < -0.39 is 0 Å². The van der Waals surface area contributed by atoms with Gasteiger partial charge in [-0.3, -0.25) is 4.79 Å². The lowest BCUT2D eigenvalue weighted by molar-refractivity contribution is -0.00762. The van der Waals surface area contributed by atoms with Gasteiger partial charge in [0.1, 0.15) is 5.82 Å². The van der Waals surface area contributed by atoms with E-state index >= 15 is 0 Å².